The summed E-state index contributed by atoms with van der Waals surface area (Å²) in [4.78, 5) is 18.4. The molecule has 0 aliphatic heterocycles. The lowest BCUT2D eigenvalue weighted by atomic mass is 10.2. The van der Waals surface area contributed by atoms with Gasteiger partial charge in [-0.15, -0.1) is 11.3 Å². The number of carbonyl (C=O) groups is 1. The average molecular weight is 409 g/mol. The predicted octanol–water partition coefficient (Wildman–Crippen LogP) is 4.30. The van der Waals surface area contributed by atoms with Crippen LogP contribution in [-0.4, -0.2) is 25.1 Å². The van der Waals surface area contributed by atoms with Crippen LogP contribution in [0.2, 0.25) is 0 Å². The number of benzene rings is 2. The summed E-state index contributed by atoms with van der Waals surface area (Å²) in [5, 5.41) is 11.3. The molecule has 1 amide bonds. The van der Waals surface area contributed by atoms with Crippen LogP contribution in [0, 0.1) is 11.3 Å². The van der Waals surface area contributed by atoms with Crippen LogP contribution in [0.4, 0.5) is 10.8 Å². The molecule has 3 rings (SSSR count). The van der Waals surface area contributed by atoms with E-state index in [-0.39, 0.29) is 12.5 Å². The zero-order valence-corrected chi connectivity index (χ0v) is 17.0. The molecule has 0 unspecified atom stereocenters. The van der Waals surface area contributed by atoms with Gasteiger partial charge in [-0.2, -0.15) is 5.26 Å². The van der Waals surface area contributed by atoms with E-state index >= 15 is 0 Å². The molecule has 0 aliphatic rings. The van der Waals surface area contributed by atoms with Gasteiger partial charge in [-0.1, -0.05) is 12.1 Å². The number of aromatic nitrogens is 1. The Morgan fingerprint density at radius 3 is 2.59 bits per heavy atom. The lowest BCUT2D eigenvalue weighted by molar-refractivity contribution is -0.115. The monoisotopic (exact) mass is 409 g/mol. The van der Waals surface area contributed by atoms with Crippen molar-refractivity contribution in [3.63, 3.8) is 0 Å². The number of para-hydroxylation sites is 2. The highest BCUT2D eigenvalue weighted by molar-refractivity contribution is 7.14. The van der Waals surface area contributed by atoms with Crippen LogP contribution < -0.4 is 19.1 Å². The van der Waals surface area contributed by atoms with Crippen molar-refractivity contribution in [1.82, 2.24) is 4.98 Å². The Kier molecular flexibility index (Phi) is 6.32. The largest absolute Gasteiger partial charge is 0.495 e. The van der Waals surface area contributed by atoms with Crippen LogP contribution in [0.1, 0.15) is 18.2 Å². The summed E-state index contributed by atoms with van der Waals surface area (Å²) in [5.41, 5.74) is 1.77. The molecule has 7 nitrogen and oxygen atoms in total. The number of nitrogens with zero attached hydrogens (tertiary/aromatic N) is 3. The fourth-order valence-corrected chi connectivity index (χ4v) is 3.56. The third-order valence-corrected chi connectivity index (χ3v) is 4.91. The third-order valence-electron chi connectivity index (χ3n) is 4.04. The summed E-state index contributed by atoms with van der Waals surface area (Å²) in [7, 11) is 3.07. The molecule has 2 aromatic carbocycles. The van der Waals surface area contributed by atoms with E-state index < -0.39 is 0 Å². The summed E-state index contributed by atoms with van der Waals surface area (Å²) in [6, 6.07) is 14.3. The van der Waals surface area contributed by atoms with E-state index in [0.29, 0.717) is 39.3 Å². The van der Waals surface area contributed by atoms with Crippen molar-refractivity contribution in [1.29, 1.82) is 5.26 Å². The first-order valence-corrected chi connectivity index (χ1v) is 9.54. The molecule has 29 heavy (non-hydrogen) atoms. The molecule has 8 heteroatoms. The van der Waals surface area contributed by atoms with Gasteiger partial charge < -0.3 is 14.2 Å². The Morgan fingerprint density at radius 2 is 1.90 bits per heavy atom. The van der Waals surface area contributed by atoms with E-state index in [0.717, 1.165) is 0 Å². The van der Waals surface area contributed by atoms with E-state index in [2.05, 4.69) is 11.1 Å². The Bertz CT molecular complexity index is 1060. The minimum Gasteiger partial charge on any atom is -0.495 e. The van der Waals surface area contributed by atoms with Gasteiger partial charge in [0.15, 0.2) is 16.6 Å². The van der Waals surface area contributed by atoms with Gasteiger partial charge in [0.25, 0.3) is 0 Å². The van der Waals surface area contributed by atoms with Crippen LogP contribution in [0.5, 0.6) is 17.2 Å². The Labute approximate surface area is 172 Å². The second kappa shape index (κ2) is 9.08. The molecule has 3 aromatic rings. The van der Waals surface area contributed by atoms with Crippen molar-refractivity contribution in [2.24, 2.45) is 0 Å². The minimum atomic E-state index is -0.176. The van der Waals surface area contributed by atoms with Crippen LogP contribution in [0.3, 0.4) is 0 Å². The number of thiazole rings is 1. The number of carbonyl (C=O) groups excluding carboxylic acids is 1. The number of ether oxygens (including phenoxy) is 3. The quantitative estimate of drug-likeness (QED) is 0.579. The van der Waals surface area contributed by atoms with Crippen molar-refractivity contribution < 1.29 is 19.0 Å². The van der Waals surface area contributed by atoms with Gasteiger partial charge in [-0.3, -0.25) is 9.69 Å². The zero-order valence-electron chi connectivity index (χ0n) is 16.2. The van der Waals surface area contributed by atoms with Gasteiger partial charge in [0, 0.05) is 18.4 Å². The lowest BCUT2D eigenvalue weighted by Gasteiger charge is -2.20. The minimum absolute atomic E-state index is 0.176. The molecule has 1 heterocycles. The van der Waals surface area contributed by atoms with Crippen molar-refractivity contribution in [2.75, 3.05) is 19.1 Å². The fourth-order valence-electron chi connectivity index (χ4n) is 2.70. The highest BCUT2D eigenvalue weighted by atomic mass is 32.1. The van der Waals surface area contributed by atoms with Crippen LogP contribution in [0.25, 0.3) is 0 Å². The highest BCUT2D eigenvalue weighted by Gasteiger charge is 2.21. The molecule has 0 saturated heterocycles. The molecular weight excluding hydrogens is 390 g/mol. The Hall–Kier alpha value is -3.57. The third kappa shape index (κ3) is 4.47. The van der Waals surface area contributed by atoms with Crippen molar-refractivity contribution in [3.05, 3.63) is 59.1 Å². The van der Waals surface area contributed by atoms with E-state index in [4.69, 9.17) is 19.5 Å². The zero-order chi connectivity index (χ0) is 20.8. The molecule has 0 saturated carbocycles. The summed E-state index contributed by atoms with van der Waals surface area (Å²) in [6.07, 6.45) is 0. The fraction of sp³-hybridized carbons (Fsp3) is 0.190. The van der Waals surface area contributed by atoms with Crippen molar-refractivity contribution >= 4 is 28.1 Å². The van der Waals surface area contributed by atoms with Crippen molar-refractivity contribution in [3.8, 4) is 23.3 Å². The molecule has 0 N–H and O–H groups in total. The molecule has 0 spiro atoms. The maximum absolute atomic E-state index is 12.3. The van der Waals surface area contributed by atoms with Crippen LogP contribution in [-0.2, 0) is 11.4 Å². The molecule has 0 fully saturated rings. The van der Waals surface area contributed by atoms with Gasteiger partial charge in [0.05, 0.1) is 37.2 Å². The van der Waals surface area contributed by atoms with E-state index in [9.17, 15) is 4.79 Å². The molecule has 0 radical (unpaired) electrons. The van der Waals surface area contributed by atoms with Crippen LogP contribution in [0.15, 0.2) is 47.8 Å². The molecule has 0 atom stereocenters. The topological polar surface area (TPSA) is 84.7 Å². The standard InChI is InChI=1S/C21H19N3O4S/c1-14(25)24(17-6-4-5-7-18(17)26-2)21-23-16(13-29-21)12-28-19-9-8-15(11-22)10-20(19)27-3/h4-10,13H,12H2,1-3H3. The molecule has 1 aromatic heterocycles. The smallest absolute Gasteiger partial charge is 0.230 e. The SMILES string of the molecule is COc1cc(C#N)ccc1OCc1csc(N(C(C)=O)c2ccccc2OC)n1. The lowest BCUT2D eigenvalue weighted by Crippen LogP contribution is -2.23. The number of methoxy groups -OCH3 is 2. The normalized spacial score (nSPS) is 10.1. The summed E-state index contributed by atoms with van der Waals surface area (Å²) < 4.78 is 16.4. The number of amides is 1. The number of nitriles is 1. The van der Waals surface area contributed by atoms with E-state index in [1.165, 1.54) is 30.3 Å². The Balaban J connectivity index is 1.81. The van der Waals surface area contributed by atoms with Crippen molar-refractivity contribution in [2.45, 2.75) is 13.5 Å². The second-order valence-corrected chi connectivity index (χ2v) is 6.75. The number of anilines is 2. The predicted molar refractivity (Wildman–Crippen MR) is 110 cm³/mol. The van der Waals surface area contributed by atoms with Gasteiger partial charge in [-0.05, 0) is 24.3 Å². The second-order valence-electron chi connectivity index (χ2n) is 5.91. The van der Waals surface area contributed by atoms with E-state index in [1.54, 1.807) is 37.4 Å². The number of hydrogen-bond donors (Lipinski definition) is 0. The first kappa shape index (κ1) is 20.2. The van der Waals surface area contributed by atoms with Gasteiger partial charge in [0.2, 0.25) is 5.91 Å². The molecule has 0 bridgehead atoms. The number of rotatable bonds is 7. The molecular formula is C21H19N3O4S. The summed E-state index contributed by atoms with van der Waals surface area (Å²) in [6.45, 7) is 1.67. The van der Waals surface area contributed by atoms with Gasteiger partial charge in [0.1, 0.15) is 12.4 Å². The van der Waals surface area contributed by atoms with Gasteiger partial charge >= 0.3 is 0 Å². The first-order valence-electron chi connectivity index (χ1n) is 8.66. The maximum Gasteiger partial charge on any atom is 0.230 e. The van der Waals surface area contributed by atoms with Crippen LogP contribution >= 0.6 is 11.3 Å². The Morgan fingerprint density at radius 1 is 1.14 bits per heavy atom. The first-order chi connectivity index (χ1) is 14.1. The van der Waals surface area contributed by atoms with E-state index in [1.807, 2.05) is 17.5 Å². The average Bonchev–Trinajstić information content (AvgIpc) is 3.20. The highest BCUT2D eigenvalue weighted by Crippen LogP contribution is 2.36. The molecule has 148 valence electrons. The number of hydrogen-bond acceptors (Lipinski definition) is 7. The molecule has 0 aliphatic carbocycles. The summed E-state index contributed by atoms with van der Waals surface area (Å²) in [5.74, 6) is 1.39. The maximum atomic E-state index is 12.3. The van der Waals surface area contributed by atoms with Gasteiger partial charge in [-0.25, -0.2) is 4.98 Å². The summed E-state index contributed by atoms with van der Waals surface area (Å²) >= 11 is 1.34.